The number of aryl methyl sites for hydroxylation is 1. The van der Waals surface area contributed by atoms with Gasteiger partial charge in [0.25, 0.3) is 0 Å². The zero-order valence-electron chi connectivity index (χ0n) is 12.3. The number of thioether (sulfide) groups is 1. The molecule has 0 fully saturated rings. The molecule has 0 aliphatic rings. The van der Waals surface area contributed by atoms with Gasteiger partial charge in [0, 0.05) is 4.90 Å². The average Bonchev–Trinajstić information content (AvgIpc) is 2.48. The van der Waals surface area contributed by atoms with E-state index in [4.69, 9.17) is 5.73 Å². The molecule has 2 aromatic carbocycles. The van der Waals surface area contributed by atoms with Crippen LogP contribution in [0.3, 0.4) is 0 Å². The van der Waals surface area contributed by atoms with Gasteiger partial charge in [-0.1, -0.05) is 42.0 Å². The minimum atomic E-state index is -0.384. The number of hydrogen-bond acceptors (Lipinski definition) is 3. The monoisotopic (exact) mass is 314 g/mol. The highest BCUT2D eigenvalue weighted by atomic mass is 32.2. The lowest BCUT2D eigenvalue weighted by Gasteiger charge is -2.10. The molecule has 0 saturated heterocycles. The van der Waals surface area contributed by atoms with Gasteiger partial charge in [0.05, 0.1) is 17.9 Å². The Morgan fingerprint density at radius 2 is 1.77 bits per heavy atom. The van der Waals surface area contributed by atoms with Gasteiger partial charge in [0.2, 0.25) is 11.8 Å². The predicted octanol–water partition coefficient (Wildman–Crippen LogP) is 2.75. The molecule has 4 nitrogen and oxygen atoms in total. The van der Waals surface area contributed by atoms with E-state index in [0.717, 1.165) is 16.0 Å². The van der Waals surface area contributed by atoms with Gasteiger partial charge >= 0.3 is 0 Å². The zero-order valence-corrected chi connectivity index (χ0v) is 13.2. The summed E-state index contributed by atoms with van der Waals surface area (Å²) in [5, 5.41) is 2.89. The summed E-state index contributed by atoms with van der Waals surface area (Å²) < 4.78 is 0. The summed E-state index contributed by atoms with van der Waals surface area (Å²) in [6.07, 6.45) is 0.315. The van der Waals surface area contributed by atoms with Gasteiger partial charge < -0.3 is 11.1 Å². The lowest BCUT2D eigenvalue weighted by atomic mass is 10.1. The minimum Gasteiger partial charge on any atom is -0.369 e. The Hall–Kier alpha value is -2.27. The van der Waals surface area contributed by atoms with E-state index in [0.29, 0.717) is 12.1 Å². The standard InChI is InChI=1S/C17H18N2O2S/c1-12-6-8-13(9-7-12)10-17(21)19-14-4-2-3-5-15(14)22-11-16(18)20/h2-9H,10-11H2,1H3,(H2,18,20)(H,19,21). The Bertz CT molecular complexity index is 669. The number of para-hydroxylation sites is 1. The molecule has 0 radical (unpaired) electrons. The van der Waals surface area contributed by atoms with Gasteiger partial charge in [-0.15, -0.1) is 11.8 Å². The highest BCUT2D eigenvalue weighted by Gasteiger charge is 2.08. The smallest absolute Gasteiger partial charge is 0.228 e. The van der Waals surface area contributed by atoms with E-state index in [-0.39, 0.29) is 17.6 Å². The van der Waals surface area contributed by atoms with Crippen LogP contribution in [0, 0.1) is 6.92 Å². The van der Waals surface area contributed by atoms with Gasteiger partial charge in [-0.05, 0) is 24.6 Å². The van der Waals surface area contributed by atoms with Crippen LogP contribution in [-0.2, 0) is 16.0 Å². The molecule has 0 bridgehead atoms. The maximum atomic E-state index is 12.1. The molecule has 5 heteroatoms. The van der Waals surface area contributed by atoms with Crippen LogP contribution in [-0.4, -0.2) is 17.6 Å². The third-order valence-corrected chi connectivity index (χ3v) is 4.11. The first-order chi connectivity index (χ1) is 10.5. The van der Waals surface area contributed by atoms with Crippen molar-refractivity contribution in [2.45, 2.75) is 18.2 Å². The average molecular weight is 314 g/mol. The number of hydrogen-bond donors (Lipinski definition) is 2. The first kappa shape index (κ1) is 16.1. The van der Waals surface area contributed by atoms with Crippen molar-refractivity contribution in [3.63, 3.8) is 0 Å². The van der Waals surface area contributed by atoms with Crippen molar-refractivity contribution in [1.29, 1.82) is 0 Å². The van der Waals surface area contributed by atoms with E-state index in [1.165, 1.54) is 11.8 Å². The molecular formula is C17H18N2O2S. The fourth-order valence-electron chi connectivity index (χ4n) is 1.93. The predicted molar refractivity (Wildman–Crippen MR) is 89.9 cm³/mol. The van der Waals surface area contributed by atoms with Gasteiger partial charge in [0.15, 0.2) is 0 Å². The van der Waals surface area contributed by atoms with E-state index < -0.39 is 0 Å². The zero-order chi connectivity index (χ0) is 15.9. The van der Waals surface area contributed by atoms with Crippen LogP contribution in [0.15, 0.2) is 53.4 Å². The molecular weight excluding hydrogens is 296 g/mol. The fourth-order valence-corrected chi connectivity index (χ4v) is 2.68. The number of nitrogens with one attached hydrogen (secondary N) is 1. The number of carbonyl (C=O) groups is 2. The number of benzene rings is 2. The fraction of sp³-hybridized carbons (Fsp3) is 0.176. The highest BCUT2D eigenvalue weighted by Crippen LogP contribution is 2.26. The van der Waals surface area contributed by atoms with Gasteiger partial charge in [-0.25, -0.2) is 0 Å². The van der Waals surface area contributed by atoms with Crippen LogP contribution in [0.25, 0.3) is 0 Å². The van der Waals surface area contributed by atoms with E-state index >= 15 is 0 Å². The quantitative estimate of drug-likeness (QED) is 0.805. The van der Waals surface area contributed by atoms with Crippen LogP contribution in [0.4, 0.5) is 5.69 Å². The molecule has 0 aliphatic carbocycles. The Morgan fingerprint density at radius 1 is 1.09 bits per heavy atom. The van der Waals surface area contributed by atoms with E-state index in [1.54, 1.807) is 0 Å². The summed E-state index contributed by atoms with van der Waals surface area (Å²) in [5.74, 6) is -0.285. The SMILES string of the molecule is Cc1ccc(CC(=O)Nc2ccccc2SCC(N)=O)cc1. The summed E-state index contributed by atoms with van der Waals surface area (Å²) in [7, 11) is 0. The van der Waals surface area contributed by atoms with Crippen molar-refractivity contribution >= 4 is 29.3 Å². The molecule has 3 N–H and O–H groups in total. The summed E-state index contributed by atoms with van der Waals surface area (Å²) in [4.78, 5) is 23.9. The highest BCUT2D eigenvalue weighted by molar-refractivity contribution is 8.00. The topological polar surface area (TPSA) is 72.2 Å². The van der Waals surface area contributed by atoms with Crippen molar-refractivity contribution in [3.8, 4) is 0 Å². The number of anilines is 1. The van der Waals surface area contributed by atoms with Crippen molar-refractivity contribution < 1.29 is 9.59 Å². The van der Waals surface area contributed by atoms with Crippen LogP contribution in [0.5, 0.6) is 0 Å². The normalized spacial score (nSPS) is 10.2. The third kappa shape index (κ3) is 4.93. The molecule has 0 heterocycles. The number of nitrogens with two attached hydrogens (primary N) is 1. The van der Waals surface area contributed by atoms with Crippen LogP contribution >= 0.6 is 11.8 Å². The lowest BCUT2D eigenvalue weighted by Crippen LogP contribution is -2.16. The van der Waals surface area contributed by atoms with Gasteiger partial charge in [-0.3, -0.25) is 9.59 Å². The Kier molecular flexibility index (Phi) is 5.61. The van der Waals surface area contributed by atoms with E-state index in [2.05, 4.69) is 5.32 Å². The molecule has 0 aromatic heterocycles. The molecule has 0 spiro atoms. The van der Waals surface area contributed by atoms with Crippen molar-refractivity contribution in [2.24, 2.45) is 5.73 Å². The molecule has 22 heavy (non-hydrogen) atoms. The van der Waals surface area contributed by atoms with E-state index in [9.17, 15) is 9.59 Å². The van der Waals surface area contributed by atoms with Crippen LogP contribution in [0.2, 0.25) is 0 Å². The first-order valence-corrected chi connectivity index (χ1v) is 7.88. The van der Waals surface area contributed by atoms with E-state index in [1.807, 2.05) is 55.5 Å². The third-order valence-electron chi connectivity index (χ3n) is 3.02. The number of amides is 2. The molecule has 2 rings (SSSR count). The summed E-state index contributed by atoms with van der Waals surface area (Å²) in [6.45, 7) is 2.01. The van der Waals surface area contributed by atoms with Crippen molar-refractivity contribution in [3.05, 3.63) is 59.7 Å². The minimum absolute atomic E-state index is 0.0871. The maximum Gasteiger partial charge on any atom is 0.228 e. The molecule has 114 valence electrons. The number of rotatable bonds is 6. The van der Waals surface area contributed by atoms with Gasteiger partial charge in [-0.2, -0.15) is 0 Å². The molecule has 0 saturated carbocycles. The number of carbonyl (C=O) groups excluding carboxylic acids is 2. The Labute approximate surface area is 134 Å². The lowest BCUT2D eigenvalue weighted by molar-refractivity contribution is -0.116. The Balaban J connectivity index is 2.01. The molecule has 0 unspecified atom stereocenters. The molecule has 0 aliphatic heterocycles. The maximum absolute atomic E-state index is 12.1. The van der Waals surface area contributed by atoms with Crippen molar-refractivity contribution in [2.75, 3.05) is 11.1 Å². The second-order valence-electron chi connectivity index (χ2n) is 4.96. The Morgan fingerprint density at radius 3 is 2.45 bits per heavy atom. The second-order valence-corrected chi connectivity index (χ2v) is 5.98. The second kappa shape index (κ2) is 7.66. The largest absolute Gasteiger partial charge is 0.369 e. The summed E-state index contributed by atoms with van der Waals surface area (Å²) in [6, 6.07) is 15.2. The van der Waals surface area contributed by atoms with Crippen molar-refractivity contribution in [1.82, 2.24) is 0 Å². The van der Waals surface area contributed by atoms with Crippen LogP contribution in [0.1, 0.15) is 11.1 Å². The summed E-state index contributed by atoms with van der Waals surface area (Å²) in [5.41, 5.74) is 7.99. The van der Waals surface area contributed by atoms with Gasteiger partial charge in [0.1, 0.15) is 0 Å². The molecule has 2 amide bonds. The summed E-state index contributed by atoms with van der Waals surface area (Å²) >= 11 is 1.32. The molecule has 2 aromatic rings. The number of primary amides is 1. The van der Waals surface area contributed by atoms with Crippen LogP contribution < -0.4 is 11.1 Å². The first-order valence-electron chi connectivity index (χ1n) is 6.90. The molecule has 0 atom stereocenters.